The number of hydrogen-bond donors (Lipinski definition) is 0. The van der Waals surface area contributed by atoms with E-state index in [-0.39, 0.29) is 0 Å². The van der Waals surface area contributed by atoms with Crippen molar-refractivity contribution < 1.29 is 0 Å². The minimum absolute atomic E-state index is 0.942. The van der Waals surface area contributed by atoms with Gasteiger partial charge in [0.05, 0.1) is 0 Å². The third-order valence-electron chi connectivity index (χ3n) is 4.73. The maximum absolute atomic E-state index is 2.46. The Morgan fingerprint density at radius 1 is 0.769 bits per heavy atom. The van der Waals surface area contributed by atoms with Crippen molar-refractivity contribution in [3.8, 4) is 0 Å². The summed E-state index contributed by atoms with van der Waals surface area (Å²) in [5.74, 6) is 4.80. The van der Waals surface area contributed by atoms with E-state index in [2.05, 4.69) is 34.6 Å². The first-order valence-electron chi connectivity index (χ1n) is 6.09. The number of unbranched alkanes of at least 4 members (excludes halogenated alkanes) is 1. The van der Waals surface area contributed by atoms with E-state index in [1.165, 1.54) is 19.3 Å². The van der Waals surface area contributed by atoms with Crippen LogP contribution in [0.25, 0.3) is 0 Å². The summed E-state index contributed by atoms with van der Waals surface area (Å²) in [5.41, 5.74) is 0. The van der Waals surface area contributed by atoms with Gasteiger partial charge in [-0.25, -0.2) is 0 Å². The fourth-order valence-electron chi connectivity index (χ4n) is 3.18. The van der Waals surface area contributed by atoms with Gasteiger partial charge in [0.25, 0.3) is 0 Å². The average molecular weight is 182 g/mol. The molecule has 0 aromatic heterocycles. The predicted octanol–water partition coefficient (Wildman–Crippen LogP) is 4.35. The maximum atomic E-state index is 2.46. The van der Waals surface area contributed by atoms with Crippen LogP contribution in [0.1, 0.15) is 53.9 Å². The molecule has 0 amide bonds. The molecule has 0 aromatic carbocycles. The van der Waals surface area contributed by atoms with E-state index in [1.54, 1.807) is 0 Å². The molecule has 1 aliphatic carbocycles. The van der Waals surface area contributed by atoms with Gasteiger partial charge in [-0.15, -0.1) is 0 Å². The lowest BCUT2D eigenvalue weighted by Gasteiger charge is -2.20. The summed E-state index contributed by atoms with van der Waals surface area (Å²) in [6, 6.07) is 0. The van der Waals surface area contributed by atoms with Crippen molar-refractivity contribution in [1.82, 2.24) is 0 Å². The maximum Gasteiger partial charge on any atom is -0.0357 e. The second-order valence-corrected chi connectivity index (χ2v) is 5.24. The summed E-state index contributed by atoms with van der Waals surface area (Å²) < 4.78 is 0. The molecule has 1 aliphatic rings. The monoisotopic (exact) mass is 182 g/mol. The van der Waals surface area contributed by atoms with Gasteiger partial charge < -0.3 is 0 Å². The molecule has 0 aromatic rings. The summed E-state index contributed by atoms with van der Waals surface area (Å²) in [6.45, 7) is 12.1. The Morgan fingerprint density at radius 3 is 1.62 bits per heavy atom. The summed E-state index contributed by atoms with van der Waals surface area (Å²) in [7, 11) is 0. The van der Waals surface area contributed by atoms with Crippen LogP contribution in [0.2, 0.25) is 0 Å². The van der Waals surface area contributed by atoms with Crippen molar-refractivity contribution in [3.05, 3.63) is 0 Å². The largest absolute Gasteiger partial charge is 0.0654 e. The van der Waals surface area contributed by atoms with Crippen LogP contribution in [-0.4, -0.2) is 0 Å². The Hall–Kier alpha value is 0. The Labute approximate surface area is 84.1 Å². The van der Waals surface area contributed by atoms with Gasteiger partial charge in [0.15, 0.2) is 0 Å². The molecule has 0 radical (unpaired) electrons. The normalized spacial score (nSPS) is 45.5. The Bertz CT molecular complexity index is 136. The van der Waals surface area contributed by atoms with Gasteiger partial charge in [0.2, 0.25) is 0 Å². The van der Waals surface area contributed by atoms with Crippen LogP contribution in [-0.2, 0) is 0 Å². The lowest BCUT2D eigenvalue weighted by molar-refractivity contribution is 0.293. The van der Waals surface area contributed by atoms with Gasteiger partial charge in [0, 0.05) is 0 Å². The van der Waals surface area contributed by atoms with Crippen molar-refractivity contribution >= 4 is 0 Å². The summed E-state index contributed by atoms with van der Waals surface area (Å²) in [4.78, 5) is 0. The fourth-order valence-corrected chi connectivity index (χ4v) is 3.18. The molecule has 0 nitrogen and oxygen atoms in total. The molecule has 0 bridgehead atoms. The zero-order valence-corrected chi connectivity index (χ0v) is 10.0. The first-order chi connectivity index (χ1) is 6.09. The van der Waals surface area contributed by atoms with Crippen LogP contribution in [0.3, 0.4) is 0 Å². The Kier molecular flexibility index (Phi) is 3.82. The fraction of sp³-hybridized carbons (Fsp3) is 1.00. The minimum atomic E-state index is 0.942. The first kappa shape index (κ1) is 11.1. The molecule has 0 saturated heterocycles. The second-order valence-electron chi connectivity index (χ2n) is 5.24. The zero-order chi connectivity index (χ0) is 10.0. The van der Waals surface area contributed by atoms with E-state index >= 15 is 0 Å². The van der Waals surface area contributed by atoms with Crippen molar-refractivity contribution in [2.45, 2.75) is 53.9 Å². The molecular weight excluding hydrogens is 156 g/mol. The van der Waals surface area contributed by atoms with Gasteiger partial charge >= 0.3 is 0 Å². The highest BCUT2D eigenvalue weighted by Gasteiger charge is 2.40. The topological polar surface area (TPSA) is 0 Å². The quantitative estimate of drug-likeness (QED) is 0.608. The first-order valence-corrected chi connectivity index (χ1v) is 6.09. The lowest BCUT2D eigenvalue weighted by Crippen LogP contribution is -2.12. The molecule has 78 valence electrons. The molecule has 4 atom stereocenters. The second kappa shape index (κ2) is 4.48. The van der Waals surface area contributed by atoms with E-state index in [0.29, 0.717) is 0 Å². The molecule has 1 fully saturated rings. The molecular formula is C13H26. The molecule has 1 saturated carbocycles. The van der Waals surface area contributed by atoms with Gasteiger partial charge in [-0.05, 0) is 36.0 Å². The molecule has 1 rings (SSSR count). The van der Waals surface area contributed by atoms with E-state index in [0.717, 1.165) is 29.6 Å². The highest BCUT2D eigenvalue weighted by atomic mass is 14.5. The van der Waals surface area contributed by atoms with E-state index in [1.807, 2.05) is 0 Å². The van der Waals surface area contributed by atoms with Gasteiger partial charge in [0.1, 0.15) is 0 Å². The van der Waals surface area contributed by atoms with Crippen molar-refractivity contribution in [2.75, 3.05) is 0 Å². The number of hydrogen-bond acceptors (Lipinski definition) is 0. The molecule has 13 heavy (non-hydrogen) atoms. The molecule has 4 unspecified atom stereocenters. The van der Waals surface area contributed by atoms with Crippen LogP contribution in [0.4, 0.5) is 0 Å². The minimum Gasteiger partial charge on any atom is -0.0654 e. The standard InChI is InChI=1S/C13H26/c1-6-7-8-13-11(4)9(2)10(3)12(13)5/h9-13H,6-8H2,1-5H3. The molecule has 0 N–H and O–H groups in total. The van der Waals surface area contributed by atoms with Crippen LogP contribution in [0.5, 0.6) is 0 Å². The van der Waals surface area contributed by atoms with Crippen LogP contribution < -0.4 is 0 Å². The van der Waals surface area contributed by atoms with E-state index in [4.69, 9.17) is 0 Å². The van der Waals surface area contributed by atoms with Gasteiger partial charge in [-0.3, -0.25) is 0 Å². The highest BCUT2D eigenvalue weighted by Crippen LogP contribution is 2.47. The lowest BCUT2D eigenvalue weighted by atomic mass is 9.85. The third-order valence-corrected chi connectivity index (χ3v) is 4.73. The summed E-state index contributed by atoms with van der Waals surface area (Å²) >= 11 is 0. The van der Waals surface area contributed by atoms with Crippen molar-refractivity contribution in [2.24, 2.45) is 29.6 Å². The van der Waals surface area contributed by atoms with Crippen molar-refractivity contribution in [1.29, 1.82) is 0 Å². The third kappa shape index (κ3) is 2.08. The summed E-state index contributed by atoms with van der Waals surface area (Å²) in [6.07, 6.45) is 4.25. The molecule has 0 spiro atoms. The van der Waals surface area contributed by atoms with Gasteiger partial charge in [-0.1, -0.05) is 47.5 Å². The molecule has 0 heteroatoms. The van der Waals surface area contributed by atoms with E-state index < -0.39 is 0 Å². The van der Waals surface area contributed by atoms with Crippen LogP contribution >= 0.6 is 0 Å². The van der Waals surface area contributed by atoms with Crippen LogP contribution in [0, 0.1) is 29.6 Å². The SMILES string of the molecule is CCCCC1C(C)C(C)C(C)C1C. The number of rotatable bonds is 3. The summed E-state index contributed by atoms with van der Waals surface area (Å²) in [5, 5.41) is 0. The predicted molar refractivity (Wildman–Crippen MR) is 59.7 cm³/mol. The van der Waals surface area contributed by atoms with Crippen molar-refractivity contribution in [3.63, 3.8) is 0 Å². The van der Waals surface area contributed by atoms with Gasteiger partial charge in [-0.2, -0.15) is 0 Å². The smallest absolute Gasteiger partial charge is 0.0357 e. The Morgan fingerprint density at radius 2 is 1.23 bits per heavy atom. The van der Waals surface area contributed by atoms with Crippen LogP contribution in [0.15, 0.2) is 0 Å². The molecule has 0 heterocycles. The Balaban J connectivity index is 2.53. The average Bonchev–Trinajstić information content (AvgIpc) is 2.30. The molecule has 0 aliphatic heterocycles. The highest BCUT2D eigenvalue weighted by molar-refractivity contribution is 4.89. The zero-order valence-electron chi connectivity index (χ0n) is 10.0. The van der Waals surface area contributed by atoms with E-state index in [9.17, 15) is 0 Å².